The molecule has 4 nitrogen and oxygen atoms in total. The third kappa shape index (κ3) is 1.38. The smallest absolute Gasteiger partial charge is 0.310 e. The van der Waals surface area contributed by atoms with E-state index in [0.29, 0.717) is 13.1 Å². The van der Waals surface area contributed by atoms with Gasteiger partial charge in [-0.15, -0.1) is 0 Å². The van der Waals surface area contributed by atoms with Crippen LogP contribution in [0.15, 0.2) is 0 Å². The maximum atomic E-state index is 11.9. The first-order chi connectivity index (χ1) is 6.46. The minimum atomic E-state index is -0.666. The summed E-state index contributed by atoms with van der Waals surface area (Å²) in [6, 6.07) is -0.149. The van der Waals surface area contributed by atoms with Crippen LogP contribution in [0.3, 0.4) is 0 Å². The minimum Gasteiger partial charge on any atom is -0.310 e. The summed E-state index contributed by atoms with van der Waals surface area (Å²) in [5.74, 6) is -0.0776. The second-order valence-electron chi connectivity index (χ2n) is 4.04. The van der Waals surface area contributed by atoms with Gasteiger partial charge in [0.2, 0.25) is 0 Å². The molecule has 1 rings (SSSR count). The first-order valence-electron chi connectivity index (χ1n) is 5.10. The van der Waals surface area contributed by atoms with Gasteiger partial charge in [0.15, 0.2) is 0 Å². The zero-order chi connectivity index (χ0) is 10.9. The van der Waals surface area contributed by atoms with Gasteiger partial charge in [-0.05, 0) is 27.2 Å². The number of rotatable bonds is 3. The van der Waals surface area contributed by atoms with Crippen molar-refractivity contribution in [2.75, 3.05) is 13.1 Å². The molecule has 0 N–H and O–H groups in total. The summed E-state index contributed by atoms with van der Waals surface area (Å²) in [5.41, 5.74) is -0.666. The fourth-order valence-electron chi connectivity index (χ4n) is 1.87. The van der Waals surface area contributed by atoms with E-state index in [1.54, 1.807) is 18.7 Å². The highest BCUT2D eigenvalue weighted by Gasteiger charge is 2.49. The topological polar surface area (TPSA) is 40.6 Å². The Labute approximate surface area is 84.9 Å². The van der Waals surface area contributed by atoms with Crippen LogP contribution in [-0.4, -0.2) is 40.4 Å². The Balaban J connectivity index is 2.95. The zero-order valence-corrected chi connectivity index (χ0v) is 9.33. The van der Waals surface area contributed by atoms with Crippen molar-refractivity contribution in [3.05, 3.63) is 0 Å². The van der Waals surface area contributed by atoms with Crippen LogP contribution in [0.4, 0.5) is 4.79 Å². The SMILES string of the molecule is CCCN1C(=O)N(CC)C(C)(C)C1=O. The molecule has 1 aliphatic rings. The fourth-order valence-corrected chi connectivity index (χ4v) is 1.87. The molecule has 1 aliphatic heterocycles. The lowest BCUT2D eigenvalue weighted by Gasteiger charge is -2.25. The molecule has 14 heavy (non-hydrogen) atoms. The van der Waals surface area contributed by atoms with E-state index < -0.39 is 5.54 Å². The van der Waals surface area contributed by atoms with Crippen LogP contribution in [0.25, 0.3) is 0 Å². The van der Waals surface area contributed by atoms with E-state index in [0.717, 1.165) is 6.42 Å². The van der Waals surface area contributed by atoms with E-state index in [-0.39, 0.29) is 11.9 Å². The lowest BCUT2D eigenvalue weighted by atomic mass is 10.0. The molecule has 0 atom stereocenters. The monoisotopic (exact) mass is 198 g/mol. The standard InChI is InChI=1S/C10H18N2O2/c1-5-7-11-8(13)10(3,4)12(6-2)9(11)14/h5-7H2,1-4H3. The molecule has 0 unspecified atom stereocenters. The van der Waals surface area contributed by atoms with Gasteiger partial charge in [0.05, 0.1) is 0 Å². The highest BCUT2D eigenvalue weighted by Crippen LogP contribution is 2.26. The number of urea groups is 1. The van der Waals surface area contributed by atoms with Gasteiger partial charge in [-0.25, -0.2) is 4.79 Å². The van der Waals surface area contributed by atoms with Gasteiger partial charge in [0, 0.05) is 13.1 Å². The van der Waals surface area contributed by atoms with E-state index in [1.807, 2.05) is 13.8 Å². The van der Waals surface area contributed by atoms with Crippen LogP contribution in [0.1, 0.15) is 34.1 Å². The number of likely N-dealkylation sites (N-methyl/N-ethyl adjacent to an activating group) is 1. The number of imide groups is 1. The predicted octanol–water partition coefficient (Wildman–Crippen LogP) is 1.46. The summed E-state index contributed by atoms with van der Waals surface area (Å²) in [4.78, 5) is 26.6. The molecule has 0 spiro atoms. The summed E-state index contributed by atoms with van der Waals surface area (Å²) in [6.45, 7) is 8.55. The van der Waals surface area contributed by atoms with Gasteiger partial charge in [-0.1, -0.05) is 6.92 Å². The van der Waals surface area contributed by atoms with Crippen LogP contribution in [0.2, 0.25) is 0 Å². The Kier molecular flexibility index (Phi) is 2.83. The molecule has 0 aromatic carbocycles. The highest BCUT2D eigenvalue weighted by molar-refractivity contribution is 6.06. The van der Waals surface area contributed by atoms with E-state index in [9.17, 15) is 9.59 Å². The molecular weight excluding hydrogens is 180 g/mol. The normalized spacial score (nSPS) is 20.9. The third-order valence-corrected chi connectivity index (χ3v) is 2.67. The summed E-state index contributed by atoms with van der Waals surface area (Å²) in [6.07, 6.45) is 0.811. The van der Waals surface area contributed by atoms with Crippen molar-refractivity contribution in [3.63, 3.8) is 0 Å². The van der Waals surface area contributed by atoms with Gasteiger partial charge >= 0.3 is 6.03 Å². The fraction of sp³-hybridized carbons (Fsp3) is 0.800. The zero-order valence-electron chi connectivity index (χ0n) is 9.33. The molecule has 3 amide bonds. The molecule has 0 bridgehead atoms. The van der Waals surface area contributed by atoms with E-state index in [1.165, 1.54) is 4.90 Å². The Morgan fingerprint density at radius 1 is 1.21 bits per heavy atom. The van der Waals surface area contributed by atoms with Gasteiger partial charge in [-0.2, -0.15) is 0 Å². The molecule has 4 heteroatoms. The second kappa shape index (κ2) is 3.59. The first-order valence-corrected chi connectivity index (χ1v) is 5.10. The molecule has 1 fully saturated rings. The summed E-state index contributed by atoms with van der Waals surface area (Å²) >= 11 is 0. The number of carbonyl (C=O) groups is 2. The number of carbonyl (C=O) groups excluding carboxylic acids is 2. The van der Waals surface area contributed by atoms with Crippen LogP contribution in [0, 0.1) is 0 Å². The second-order valence-corrected chi connectivity index (χ2v) is 4.04. The minimum absolute atomic E-state index is 0.0776. The van der Waals surface area contributed by atoms with Crippen LogP contribution >= 0.6 is 0 Å². The van der Waals surface area contributed by atoms with Crippen molar-refractivity contribution in [1.82, 2.24) is 9.80 Å². The molecule has 0 aromatic heterocycles. The lowest BCUT2D eigenvalue weighted by molar-refractivity contribution is -0.131. The number of nitrogens with zero attached hydrogens (tertiary/aromatic N) is 2. The van der Waals surface area contributed by atoms with Gasteiger partial charge in [-0.3, -0.25) is 9.69 Å². The lowest BCUT2D eigenvalue weighted by Crippen LogP contribution is -2.43. The van der Waals surface area contributed by atoms with Gasteiger partial charge < -0.3 is 4.90 Å². The quantitative estimate of drug-likeness (QED) is 0.644. The van der Waals surface area contributed by atoms with Crippen molar-refractivity contribution < 1.29 is 9.59 Å². The first kappa shape index (κ1) is 11.0. The maximum absolute atomic E-state index is 11.9. The van der Waals surface area contributed by atoms with Crippen molar-refractivity contribution in [3.8, 4) is 0 Å². The van der Waals surface area contributed by atoms with Crippen LogP contribution in [-0.2, 0) is 4.79 Å². The van der Waals surface area contributed by atoms with Crippen LogP contribution in [0.5, 0.6) is 0 Å². The number of hydrogen-bond donors (Lipinski definition) is 0. The predicted molar refractivity (Wildman–Crippen MR) is 53.9 cm³/mol. The van der Waals surface area contributed by atoms with Gasteiger partial charge in [0.25, 0.3) is 5.91 Å². The average molecular weight is 198 g/mol. The molecule has 0 radical (unpaired) electrons. The van der Waals surface area contributed by atoms with Crippen molar-refractivity contribution in [2.45, 2.75) is 39.7 Å². The third-order valence-electron chi connectivity index (χ3n) is 2.67. The van der Waals surface area contributed by atoms with E-state index in [4.69, 9.17) is 0 Å². The molecule has 1 heterocycles. The molecule has 0 saturated carbocycles. The van der Waals surface area contributed by atoms with Crippen molar-refractivity contribution in [1.29, 1.82) is 0 Å². The Morgan fingerprint density at radius 3 is 2.14 bits per heavy atom. The number of amides is 3. The highest BCUT2D eigenvalue weighted by atomic mass is 16.2. The Morgan fingerprint density at radius 2 is 1.79 bits per heavy atom. The van der Waals surface area contributed by atoms with Crippen molar-refractivity contribution >= 4 is 11.9 Å². The largest absolute Gasteiger partial charge is 0.327 e. The molecular formula is C10H18N2O2. The molecule has 1 saturated heterocycles. The number of hydrogen-bond acceptors (Lipinski definition) is 2. The maximum Gasteiger partial charge on any atom is 0.327 e. The Hall–Kier alpha value is -1.06. The Bertz CT molecular complexity index is 261. The average Bonchev–Trinajstić information content (AvgIpc) is 2.27. The summed E-state index contributed by atoms with van der Waals surface area (Å²) in [5, 5.41) is 0. The van der Waals surface area contributed by atoms with Crippen molar-refractivity contribution in [2.24, 2.45) is 0 Å². The summed E-state index contributed by atoms with van der Waals surface area (Å²) in [7, 11) is 0. The van der Waals surface area contributed by atoms with Crippen LogP contribution < -0.4 is 0 Å². The molecule has 80 valence electrons. The van der Waals surface area contributed by atoms with E-state index in [2.05, 4.69) is 0 Å². The summed E-state index contributed by atoms with van der Waals surface area (Å²) < 4.78 is 0. The molecule has 0 aliphatic carbocycles. The van der Waals surface area contributed by atoms with Gasteiger partial charge in [0.1, 0.15) is 5.54 Å². The van der Waals surface area contributed by atoms with E-state index >= 15 is 0 Å². The molecule has 0 aromatic rings.